The summed E-state index contributed by atoms with van der Waals surface area (Å²) in [6.45, 7) is 4.22. The van der Waals surface area contributed by atoms with Crippen molar-refractivity contribution < 1.29 is 23.8 Å². The number of ether oxygens (including phenoxy) is 3. The molecule has 0 saturated carbocycles. The average molecular weight is 361 g/mol. The number of hydrogen-bond acceptors (Lipinski definition) is 5. The first-order chi connectivity index (χ1) is 12.5. The van der Waals surface area contributed by atoms with Crippen molar-refractivity contribution in [2.75, 3.05) is 33.4 Å². The molecule has 1 aromatic rings. The van der Waals surface area contributed by atoms with Gasteiger partial charge >= 0.3 is 5.97 Å². The summed E-state index contributed by atoms with van der Waals surface area (Å²) in [6, 6.07) is 9.73. The van der Waals surface area contributed by atoms with E-state index < -0.39 is 17.6 Å². The molecule has 2 fully saturated rings. The third-order valence-corrected chi connectivity index (χ3v) is 5.45. The summed E-state index contributed by atoms with van der Waals surface area (Å²) in [4.78, 5) is 27.1. The number of carbonyl (C=O) groups is 2. The lowest BCUT2D eigenvalue weighted by atomic mass is 9.86. The third kappa shape index (κ3) is 4.07. The second-order valence-electron chi connectivity index (χ2n) is 7.04. The molecule has 0 aromatic heterocycles. The van der Waals surface area contributed by atoms with E-state index in [1.165, 1.54) is 7.11 Å². The number of carbonyl (C=O) groups excluding carboxylic acids is 2. The first-order valence-electron chi connectivity index (χ1n) is 9.23. The van der Waals surface area contributed by atoms with Crippen LogP contribution < -0.4 is 0 Å². The van der Waals surface area contributed by atoms with Crippen molar-refractivity contribution in [3.63, 3.8) is 0 Å². The predicted octanol–water partition coefficient (Wildman–Crippen LogP) is 2.02. The van der Waals surface area contributed by atoms with Crippen LogP contribution in [-0.2, 0) is 30.2 Å². The minimum atomic E-state index is -0.508. The van der Waals surface area contributed by atoms with Crippen molar-refractivity contribution in [3.8, 4) is 0 Å². The Morgan fingerprint density at radius 1 is 1.15 bits per heavy atom. The molecule has 3 rings (SSSR count). The summed E-state index contributed by atoms with van der Waals surface area (Å²) >= 11 is 0. The number of rotatable bonds is 5. The number of methoxy groups -OCH3 is 1. The number of hydrogen-bond donors (Lipinski definition) is 0. The van der Waals surface area contributed by atoms with Crippen LogP contribution in [-0.4, -0.2) is 56.0 Å². The molecule has 2 aliphatic heterocycles. The maximum atomic E-state index is 13.0. The van der Waals surface area contributed by atoms with Gasteiger partial charge in [0.2, 0.25) is 5.91 Å². The van der Waals surface area contributed by atoms with Crippen molar-refractivity contribution in [1.29, 1.82) is 0 Å². The van der Waals surface area contributed by atoms with Crippen LogP contribution in [0.4, 0.5) is 0 Å². The number of benzene rings is 1. The SMILES string of the molecule is COC(=O)C(Cc1ccccc1)C(C)C(=O)N1CCC2(CC1)OCCO2. The van der Waals surface area contributed by atoms with E-state index >= 15 is 0 Å². The highest BCUT2D eigenvalue weighted by atomic mass is 16.7. The van der Waals surface area contributed by atoms with Gasteiger partial charge in [0.15, 0.2) is 5.79 Å². The lowest BCUT2D eigenvalue weighted by Crippen LogP contribution is -2.50. The molecule has 2 unspecified atom stereocenters. The molecule has 6 nitrogen and oxygen atoms in total. The molecule has 6 heteroatoms. The summed E-state index contributed by atoms with van der Waals surface area (Å²) in [6.07, 6.45) is 1.84. The van der Waals surface area contributed by atoms with E-state index in [2.05, 4.69) is 0 Å². The third-order valence-electron chi connectivity index (χ3n) is 5.45. The summed E-state index contributed by atoms with van der Waals surface area (Å²) in [7, 11) is 1.37. The lowest BCUT2D eigenvalue weighted by Gasteiger charge is -2.39. The molecule has 26 heavy (non-hydrogen) atoms. The summed E-state index contributed by atoms with van der Waals surface area (Å²) < 4.78 is 16.4. The van der Waals surface area contributed by atoms with E-state index in [1.54, 1.807) is 0 Å². The minimum Gasteiger partial charge on any atom is -0.469 e. The van der Waals surface area contributed by atoms with Crippen molar-refractivity contribution in [1.82, 2.24) is 4.90 Å². The van der Waals surface area contributed by atoms with Gasteiger partial charge in [-0.15, -0.1) is 0 Å². The van der Waals surface area contributed by atoms with Crippen LogP contribution in [0.1, 0.15) is 25.3 Å². The second-order valence-corrected chi connectivity index (χ2v) is 7.04. The van der Waals surface area contributed by atoms with Gasteiger partial charge in [-0.2, -0.15) is 0 Å². The molecule has 1 aromatic carbocycles. The second kappa shape index (κ2) is 8.18. The Kier molecular flexibility index (Phi) is 5.94. The largest absolute Gasteiger partial charge is 0.469 e. The highest BCUT2D eigenvalue weighted by molar-refractivity contribution is 5.85. The summed E-state index contributed by atoms with van der Waals surface area (Å²) in [5.74, 6) is -1.80. The van der Waals surface area contributed by atoms with Crippen LogP contribution in [0.5, 0.6) is 0 Å². The normalized spacial score (nSPS) is 21.4. The van der Waals surface area contributed by atoms with Gasteiger partial charge in [-0.1, -0.05) is 37.3 Å². The molecule has 2 saturated heterocycles. The number of amides is 1. The average Bonchev–Trinajstić information content (AvgIpc) is 3.14. The van der Waals surface area contributed by atoms with Crippen LogP contribution >= 0.6 is 0 Å². The number of nitrogens with zero attached hydrogens (tertiary/aromatic N) is 1. The van der Waals surface area contributed by atoms with E-state index in [0.717, 1.165) is 5.56 Å². The Bertz CT molecular complexity index is 616. The molecule has 2 heterocycles. The molecule has 1 spiro atoms. The van der Waals surface area contributed by atoms with Crippen molar-refractivity contribution >= 4 is 11.9 Å². The summed E-state index contributed by atoms with van der Waals surface area (Å²) in [5, 5.41) is 0. The zero-order valence-electron chi connectivity index (χ0n) is 15.5. The predicted molar refractivity (Wildman–Crippen MR) is 95.3 cm³/mol. The van der Waals surface area contributed by atoms with Crippen molar-refractivity contribution in [2.45, 2.75) is 32.0 Å². The van der Waals surface area contributed by atoms with Gasteiger partial charge in [-0.05, 0) is 12.0 Å². The van der Waals surface area contributed by atoms with Crippen LogP contribution in [0, 0.1) is 11.8 Å². The molecule has 2 aliphatic rings. The number of likely N-dealkylation sites (tertiary alicyclic amines) is 1. The highest BCUT2D eigenvalue weighted by Crippen LogP contribution is 2.32. The van der Waals surface area contributed by atoms with Crippen LogP contribution in [0.15, 0.2) is 30.3 Å². The fourth-order valence-corrected chi connectivity index (χ4v) is 3.80. The van der Waals surface area contributed by atoms with E-state index in [-0.39, 0.29) is 11.9 Å². The molecule has 142 valence electrons. The molecule has 1 amide bonds. The van der Waals surface area contributed by atoms with E-state index in [0.29, 0.717) is 45.6 Å². The van der Waals surface area contributed by atoms with Gasteiger partial charge in [0, 0.05) is 31.8 Å². The minimum absolute atomic E-state index is 0.0100. The van der Waals surface area contributed by atoms with Gasteiger partial charge in [0.25, 0.3) is 0 Å². The van der Waals surface area contributed by atoms with Gasteiger partial charge in [0.05, 0.1) is 26.2 Å². The molecule has 0 N–H and O–H groups in total. The molecule has 2 atom stereocenters. The van der Waals surface area contributed by atoms with Crippen molar-refractivity contribution in [2.24, 2.45) is 11.8 Å². The quantitative estimate of drug-likeness (QED) is 0.751. The maximum Gasteiger partial charge on any atom is 0.309 e. The fourth-order valence-electron chi connectivity index (χ4n) is 3.80. The maximum absolute atomic E-state index is 13.0. The monoisotopic (exact) mass is 361 g/mol. The molecule has 0 radical (unpaired) electrons. The topological polar surface area (TPSA) is 65.1 Å². The molecular weight excluding hydrogens is 334 g/mol. The summed E-state index contributed by atoms with van der Waals surface area (Å²) in [5.41, 5.74) is 1.02. The van der Waals surface area contributed by atoms with Crippen LogP contribution in [0.2, 0.25) is 0 Å². The standard InChI is InChI=1S/C20H27NO5/c1-15(17(19(23)24-2)14-16-6-4-3-5-7-16)18(22)21-10-8-20(9-11-21)25-12-13-26-20/h3-7,15,17H,8-14H2,1-2H3. The van der Waals surface area contributed by atoms with Crippen molar-refractivity contribution in [3.05, 3.63) is 35.9 Å². The van der Waals surface area contributed by atoms with E-state index in [1.807, 2.05) is 42.2 Å². The Morgan fingerprint density at radius 2 is 1.77 bits per heavy atom. The highest BCUT2D eigenvalue weighted by Gasteiger charge is 2.42. The number of esters is 1. The smallest absolute Gasteiger partial charge is 0.309 e. The van der Waals surface area contributed by atoms with Gasteiger partial charge in [0.1, 0.15) is 0 Å². The fraction of sp³-hybridized carbons (Fsp3) is 0.600. The Morgan fingerprint density at radius 3 is 2.35 bits per heavy atom. The lowest BCUT2D eigenvalue weighted by molar-refractivity contribution is -0.189. The Balaban J connectivity index is 1.65. The van der Waals surface area contributed by atoms with Gasteiger partial charge in [-0.25, -0.2) is 0 Å². The zero-order chi connectivity index (χ0) is 18.6. The number of piperidine rings is 1. The van der Waals surface area contributed by atoms with Crippen LogP contribution in [0.25, 0.3) is 0 Å². The Hall–Kier alpha value is -1.92. The molecular formula is C20H27NO5. The molecule has 0 aliphatic carbocycles. The Labute approximate surface area is 154 Å². The zero-order valence-corrected chi connectivity index (χ0v) is 15.5. The molecule has 0 bridgehead atoms. The first-order valence-corrected chi connectivity index (χ1v) is 9.23. The van der Waals surface area contributed by atoms with E-state index in [4.69, 9.17) is 14.2 Å². The first kappa shape index (κ1) is 18.9. The van der Waals surface area contributed by atoms with E-state index in [9.17, 15) is 9.59 Å². The van der Waals surface area contributed by atoms with Gasteiger partial charge < -0.3 is 19.1 Å². The van der Waals surface area contributed by atoms with Crippen LogP contribution in [0.3, 0.4) is 0 Å². The van der Waals surface area contributed by atoms with Gasteiger partial charge in [-0.3, -0.25) is 9.59 Å².